The van der Waals surface area contributed by atoms with Crippen molar-refractivity contribution in [2.24, 2.45) is 5.92 Å². The largest absolute Gasteiger partial charge is 0.382 e. The summed E-state index contributed by atoms with van der Waals surface area (Å²) < 4.78 is 11.6. The number of hydrogen-bond acceptors (Lipinski definition) is 4. The van der Waals surface area contributed by atoms with E-state index in [2.05, 4.69) is 39.1 Å². The van der Waals surface area contributed by atoms with Gasteiger partial charge in [-0.25, -0.2) is 0 Å². The highest BCUT2D eigenvalue weighted by Gasteiger charge is 2.34. The van der Waals surface area contributed by atoms with Crippen LogP contribution in [0.25, 0.3) is 0 Å². The number of hydrogen-bond donors (Lipinski definition) is 2. The van der Waals surface area contributed by atoms with Gasteiger partial charge in [0.1, 0.15) is 13.3 Å². The van der Waals surface area contributed by atoms with E-state index in [1.165, 1.54) is 0 Å². The summed E-state index contributed by atoms with van der Waals surface area (Å²) in [6, 6.07) is -0.186. The molecule has 1 saturated heterocycles. The smallest absolute Gasteiger partial charge is 0.109 e. The molecule has 0 aromatic rings. The second kappa shape index (κ2) is 7.98. The maximum absolute atomic E-state index is 5.92. The van der Waals surface area contributed by atoms with Crippen LogP contribution in [-0.4, -0.2) is 37.2 Å². The second-order valence-electron chi connectivity index (χ2n) is 5.07. The summed E-state index contributed by atoms with van der Waals surface area (Å²) in [5.41, 5.74) is -0.0317. The molecule has 1 heterocycles. The molecule has 0 amide bonds. The van der Waals surface area contributed by atoms with Crippen molar-refractivity contribution in [3.05, 3.63) is 0 Å². The molecule has 4 atom stereocenters. The minimum absolute atomic E-state index is 0.0317. The first-order valence-electron chi connectivity index (χ1n) is 6.38. The van der Waals surface area contributed by atoms with Crippen LogP contribution in [0.1, 0.15) is 39.5 Å². The first-order chi connectivity index (χ1) is 8.02. The van der Waals surface area contributed by atoms with Gasteiger partial charge >= 0.3 is 0 Å². The van der Waals surface area contributed by atoms with E-state index in [-0.39, 0.29) is 23.6 Å². The van der Waals surface area contributed by atoms with Crippen LogP contribution < -0.4 is 0 Å². The molecule has 0 N–H and O–H groups in total. The zero-order valence-electron chi connectivity index (χ0n) is 10.7. The fourth-order valence-corrected chi connectivity index (χ4v) is 2.62. The van der Waals surface area contributed by atoms with Crippen LogP contribution in [0.4, 0.5) is 0 Å². The number of thiol groups is 2. The highest BCUT2D eigenvalue weighted by atomic mass is 32.1. The molecule has 98 valence electrons. The molecule has 0 aromatic carbocycles. The molecule has 2 nitrogen and oxygen atoms in total. The number of ether oxygens (including phenoxy) is 2. The van der Waals surface area contributed by atoms with Gasteiger partial charge in [0, 0.05) is 6.00 Å². The van der Waals surface area contributed by atoms with Gasteiger partial charge in [-0.2, -0.15) is 12.6 Å². The zero-order chi connectivity index (χ0) is 12.8. The van der Waals surface area contributed by atoms with E-state index in [4.69, 9.17) is 17.3 Å². The van der Waals surface area contributed by atoms with Crippen LogP contribution in [0, 0.1) is 5.92 Å². The average molecular weight is 274 g/mol. The summed E-state index contributed by atoms with van der Waals surface area (Å²) >= 11 is 8.63. The van der Waals surface area contributed by atoms with Crippen molar-refractivity contribution in [2.75, 3.05) is 5.75 Å². The first kappa shape index (κ1) is 15.7. The molecule has 17 heavy (non-hydrogen) atoms. The van der Waals surface area contributed by atoms with Gasteiger partial charge in [0.05, 0.1) is 12.2 Å². The van der Waals surface area contributed by atoms with Crippen molar-refractivity contribution >= 4 is 33.1 Å². The third-order valence-electron chi connectivity index (χ3n) is 2.87. The van der Waals surface area contributed by atoms with Crippen molar-refractivity contribution in [2.45, 2.75) is 63.2 Å². The summed E-state index contributed by atoms with van der Waals surface area (Å²) in [4.78, 5) is 0. The third-order valence-corrected chi connectivity index (χ3v) is 3.57. The van der Waals surface area contributed by atoms with Crippen molar-refractivity contribution in [1.29, 1.82) is 0 Å². The average Bonchev–Trinajstić information content (AvgIpc) is 2.55. The van der Waals surface area contributed by atoms with Crippen molar-refractivity contribution in [3.63, 3.8) is 0 Å². The Morgan fingerprint density at radius 3 is 2.76 bits per heavy atom. The van der Waals surface area contributed by atoms with Gasteiger partial charge in [-0.3, -0.25) is 0 Å². The Bertz CT molecular complexity index is 217. The van der Waals surface area contributed by atoms with Gasteiger partial charge in [0.25, 0.3) is 0 Å². The quantitative estimate of drug-likeness (QED) is 0.422. The fourth-order valence-electron chi connectivity index (χ4n) is 2.10. The van der Waals surface area contributed by atoms with Crippen molar-refractivity contribution < 1.29 is 9.47 Å². The third kappa shape index (κ3) is 5.90. The topological polar surface area (TPSA) is 18.5 Å². The van der Waals surface area contributed by atoms with E-state index in [0.29, 0.717) is 5.92 Å². The Morgan fingerprint density at radius 1 is 1.47 bits per heavy atom. The summed E-state index contributed by atoms with van der Waals surface area (Å²) in [5, 5.41) is 0. The molecule has 1 fully saturated rings. The lowest BCUT2D eigenvalue weighted by Crippen LogP contribution is -2.28. The van der Waals surface area contributed by atoms with Gasteiger partial charge in [0.2, 0.25) is 0 Å². The summed E-state index contributed by atoms with van der Waals surface area (Å²) in [6.45, 7) is 4.37. The van der Waals surface area contributed by atoms with Crippen LogP contribution in [0.5, 0.6) is 0 Å². The molecule has 5 heteroatoms. The monoisotopic (exact) mass is 274 g/mol. The Labute approximate surface area is 117 Å². The maximum atomic E-state index is 5.92. The Morgan fingerprint density at radius 2 is 2.18 bits per heavy atom. The zero-order valence-corrected chi connectivity index (χ0v) is 12.5. The minimum Gasteiger partial charge on any atom is -0.382 e. The minimum atomic E-state index is -0.186. The van der Waals surface area contributed by atoms with E-state index in [1.54, 1.807) is 0 Å². The van der Waals surface area contributed by atoms with Gasteiger partial charge in [0.15, 0.2) is 0 Å². The van der Waals surface area contributed by atoms with Crippen molar-refractivity contribution in [1.82, 2.24) is 0 Å². The Balaban J connectivity index is 2.38. The molecule has 0 spiro atoms. The van der Waals surface area contributed by atoms with Crippen LogP contribution in [-0.2, 0) is 9.47 Å². The molecular formula is C12H23BO2S2. The number of rotatable bonds is 7. The highest BCUT2D eigenvalue weighted by Crippen LogP contribution is 2.28. The van der Waals surface area contributed by atoms with Crippen LogP contribution in [0.15, 0.2) is 0 Å². The lowest BCUT2D eigenvalue weighted by atomic mass is 9.94. The lowest BCUT2D eigenvalue weighted by molar-refractivity contribution is -0.0321. The lowest BCUT2D eigenvalue weighted by Gasteiger charge is -2.23. The van der Waals surface area contributed by atoms with Crippen LogP contribution >= 0.6 is 25.3 Å². The SMILES string of the molecule is [B]C1CC(OC(S)CCCS)C(CC(C)C)O1. The molecule has 1 aliphatic heterocycles. The van der Waals surface area contributed by atoms with E-state index in [1.807, 2.05) is 0 Å². The van der Waals surface area contributed by atoms with E-state index in [9.17, 15) is 0 Å². The molecule has 4 unspecified atom stereocenters. The molecule has 1 aliphatic rings. The first-order valence-corrected chi connectivity index (χ1v) is 7.53. The molecule has 2 radical (unpaired) electrons. The standard InChI is InChI=1S/C12H23BO2S2/c1-8(2)6-9-10(7-11(13)14-9)15-12(17)4-3-5-16/h8-12,16-17H,3-7H2,1-2H3. The molecule has 0 aliphatic carbocycles. The summed E-state index contributed by atoms with van der Waals surface area (Å²) in [7, 11) is 5.83. The summed E-state index contributed by atoms with van der Waals surface area (Å²) in [6.07, 6.45) is 3.92. The van der Waals surface area contributed by atoms with E-state index >= 15 is 0 Å². The fraction of sp³-hybridized carbons (Fsp3) is 1.00. The Kier molecular flexibility index (Phi) is 7.39. The van der Waals surface area contributed by atoms with Gasteiger partial charge < -0.3 is 9.47 Å². The molecule has 0 aromatic heterocycles. The van der Waals surface area contributed by atoms with Crippen LogP contribution in [0.3, 0.4) is 0 Å². The van der Waals surface area contributed by atoms with E-state index < -0.39 is 0 Å². The molecule has 1 rings (SSSR count). The molecule has 0 bridgehead atoms. The van der Waals surface area contributed by atoms with Crippen LogP contribution in [0.2, 0.25) is 0 Å². The molecular weight excluding hydrogens is 251 g/mol. The molecule has 0 saturated carbocycles. The predicted molar refractivity (Wildman–Crippen MR) is 79.2 cm³/mol. The van der Waals surface area contributed by atoms with Gasteiger partial charge in [-0.1, -0.05) is 13.8 Å². The predicted octanol–water partition coefficient (Wildman–Crippen LogP) is 2.67. The van der Waals surface area contributed by atoms with Gasteiger partial charge in [-0.15, -0.1) is 12.6 Å². The van der Waals surface area contributed by atoms with Gasteiger partial charge in [-0.05, 0) is 37.4 Å². The Hall–Kier alpha value is 0.685. The second-order valence-corrected chi connectivity index (χ2v) is 6.10. The normalized spacial score (nSPS) is 31.0. The van der Waals surface area contributed by atoms with Crippen molar-refractivity contribution in [3.8, 4) is 0 Å². The summed E-state index contributed by atoms with van der Waals surface area (Å²) in [5.74, 6) is 1.46. The highest BCUT2D eigenvalue weighted by molar-refractivity contribution is 7.80. The van der Waals surface area contributed by atoms with E-state index in [0.717, 1.165) is 31.4 Å². The maximum Gasteiger partial charge on any atom is 0.109 e.